The lowest BCUT2D eigenvalue weighted by molar-refractivity contribution is 0.538. The molecule has 0 atom stereocenters. The number of hydrogen-bond acceptors (Lipinski definition) is 1. The summed E-state index contributed by atoms with van der Waals surface area (Å²) in [5, 5.41) is 3.30. The minimum atomic E-state index is 0.651. The van der Waals surface area contributed by atoms with Crippen molar-refractivity contribution in [1.29, 1.82) is 0 Å². The second kappa shape index (κ2) is 30.3. The van der Waals surface area contributed by atoms with Gasteiger partial charge in [-0.15, -0.1) is 0 Å². The van der Waals surface area contributed by atoms with Gasteiger partial charge in [0.05, 0.1) is 0 Å². The topological polar surface area (TPSA) is 50.4 Å². The predicted octanol–water partition coefficient (Wildman–Crippen LogP) is 10.1. The first-order valence-electron chi connectivity index (χ1n) is 15.8. The van der Waals surface area contributed by atoms with Crippen LogP contribution in [-0.2, 0) is 0 Å². The average molecular weight is 480 g/mol. The lowest BCUT2D eigenvalue weighted by Crippen LogP contribution is -2.32. The third-order valence-electron chi connectivity index (χ3n) is 7.13. The minimum absolute atomic E-state index is 0.651. The van der Waals surface area contributed by atoms with Crippen molar-refractivity contribution < 1.29 is 0 Å². The maximum atomic E-state index is 6.01. The Labute approximate surface area is 215 Å². The number of nitrogens with one attached hydrogen (secondary N) is 1. The SMILES string of the molecule is CCCCCCCCCCCCCCCN=C(N)NCCCCCCCCCCCCCCC. The molecular weight excluding hydrogens is 414 g/mol. The van der Waals surface area contributed by atoms with Crippen molar-refractivity contribution in [2.75, 3.05) is 13.1 Å². The van der Waals surface area contributed by atoms with Gasteiger partial charge in [-0.05, 0) is 12.8 Å². The van der Waals surface area contributed by atoms with Crippen LogP contribution in [0.15, 0.2) is 4.99 Å². The summed E-state index contributed by atoms with van der Waals surface area (Å²) in [6.07, 6.45) is 36.3. The van der Waals surface area contributed by atoms with Gasteiger partial charge in [-0.1, -0.05) is 168 Å². The Morgan fingerprint density at radius 2 is 0.735 bits per heavy atom. The number of guanidine groups is 1. The average Bonchev–Trinajstić information content (AvgIpc) is 2.84. The van der Waals surface area contributed by atoms with E-state index in [1.54, 1.807) is 0 Å². The number of hydrogen-bond donors (Lipinski definition) is 2. The van der Waals surface area contributed by atoms with E-state index < -0.39 is 0 Å². The Morgan fingerprint density at radius 3 is 1.09 bits per heavy atom. The van der Waals surface area contributed by atoms with Gasteiger partial charge >= 0.3 is 0 Å². The fourth-order valence-electron chi connectivity index (χ4n) is 4.74. The van der Waals surface area contributed by atoms with Crippen molar-refractivity contribution in [3.63, 3.8) is 0 Å². The van der Waals surface area contributed by atoms with Crippen LogP contribution in [0.2, 0.25) is 0 Å². The molecule has 3 nitrogen and oxygen atoms in total. The quantitative estimate of drug-likeness (QED) is 0.0666. The maximum absolute atomic E-state index is 6.01. The minimum Gasteiger partial charge on any atom is -0.370 e. The number of nitrogens with zero attached hydrogens (tertiary/aromatic N) is 1. The third kappa shape index (κ3) is 29.3. The molecule has 0 aliphatic carbocycles. The molecule has 0 aliphatic rings. The monoisotopic (exact) mass is 480 g/mol. The van der Waals surface area contributed by atoms with E-state index in [1.165, 1.54) is 167 Å². The lowest BCUT2D eigenvalue weighted by Gasteiger charge is -2.06. The summed E-state index contributed by atoms with van der Waals surface area (Å²) in [5.41, 5.74) is 6.01. The van der Waals surface area contributed by atoms with Crippen molar-refractivity contribution in [2.24, 2.45) is 10.7 Å². The summed E-state index contributed by atoms with van der Waals surface area (Å²) in [5.74, 6) is 0.651. The molecule has 0 aromatic carbocycles. The molecule has 0 amide bonds. The summed E-state index contributed by atoms with van der Waals surface area (Å²) in [6, 6.07) is 0. The molecule has 204 valence electrons. The molecule has 0 saturated heterocycles. The van der Waals surface area contributed by atoms with Gasteiger partial charge in [0, 0.05) is 13.1 Å². The molecule has 0 aromatic heterocycles. The van der Waals surface area contributed by atoms with Gasteiger partial charge < -0.3 is 11.1 Å². The van der Waals surface area contributed by atoms with Crippen LogP contribution in [-0.4, -0.2) is 19.0 Å². The first-order valence-corrected chi connectivity index (χ1v) is 15.8. The Morgan fingerprint density at radius 1 is 0.441 bits per heavy atom. The van der Waals surface area contributed by atoms with E-state index in [4.69, 9.17) is 5.73 Å². The molecule has 0 aromatic rings. The lowest BCUT2D eigenvalue weighted by atomic mass is 10.0. The van der Waals surface area contributed by atoms with E-state index in [2.05, 4.69) is 24.2 Å². The fraction of sp³-hybridized carbons (Fsp3) is 0.968. The van der Waals surface area contributed by atoms with Gasteiger partial charge in [-0.3, -0.25) is 4.99 Å². The van der Waals surface area contributed by atoms with E-state index in [0.717, 1.165) is 13.1 Å². The van der Waals surface area contributed by atoms with E-state index in [-0.39, 0.29) is 0 Å². The highest BCUT2D eigenvalue weighted by atomic mass is 15.1. The molecule has 0 rings (SSSR count). The highest BCUT2D eigenvalue weighted by Crippen LogP contribution is 2.13. The van der Waals surface area contributed by atoms with Crippen molar-refractivity contribution in [3.8, 4) is 0 Å². The Kier molecular flexibility index (Phi) is 29.7. The number of nitrogens with two attached hydrogens (primary N) is 1. The van der Waals surface area contributed by atoms with Gasteiger partial charge in [-0.25, -0.2) is 0 Å². The zero-order chi connectivity index (χ0) is 24.8. The molecule has 3 heteroatoms. The van der Waals surface area contributed by atoms with Crippen LogP contribution in [0.1, 0.15) is 181 Å². The predicted molar refractivity (Wildman–Crippen MR) is 156 cm³/mol. The summed E-state index contributed by atoms with van der Waals surface area (Å²) < 4.78 is 0. The normalized spacial score (nSPS) is 11.9. The standard InChI is InChI=1S/C31H65N3/c1-3-5-7-9-11-13-15-17-19-21-23-25-27-29-33-31(32)34-30-28-26-24-22-20-18-16-14-12-10-8-6-4-2/h3-30H2,1-2H3,(H3,32,33,34). The van der Waals surface area contributed by atoms with Gasteiger partial charge in [0.2, 0.25) is 0 Å². The number of rotatable bonds is 28. The smallest absolute Gasteiger partial charge is 0.188 e. The third-order valence-corrected chi connectivity index (χ3v) is 7.13. The van der Waals surface area contributed by atoms with E-state index in [9.17, 15) is 0 Å². The first-order chi connectivity index (χ1) is 16.8. The summed E-state index contributed by atoms with van der Waals surface area (Å²) in [4.78, 5) is 4.50. The van der Waals surface area contributed by atoms with Crippen molar-refractivity contribution in [2.45, 2.75) is 181 Å². The van der Waals surface area contributed by atoms with Crippen molar-refractivity contribution in [1.82, 2.24) is 5.32 Å². The van der Waals surface area contributed by atoms with E-state index >= 15 is 0 Å². The molecular formula is C31H65N3. The molecule has 0 bridgehead atoms. The zero-order valence-corrected chi connectivity index (χ0v) is 23.8. The second-order valence-electron chi connectivity index (χ2n) is 10.7. The largest absolute Gasteiger partial charge is 0.370 e. The first kappa shape index (κ1) is 33.3. The van der Waals surface area contributed by atoms with Gasteiger partial charge in [0.15, 0.2) is 5.96 Å². The maximum Gasteiger partial charge on any atom is 0.188 e. The summed E-state index contributed by atoms with van der Waals surface area (Å²) in [6.45, 7) is 6.45. The van der Waals surface area contributed by atoms with Crippen molar-refractivity contribution in [3.05, 3.63) is 0 Å². The highest BCUT2D eigenvalue weighted by Gasteiger charge is 1.96. The molecule has 3 N–H and O–H groups in total. The Bertz CT molecular complexity index is 394. The fourth-order valence-corrected chi connectivity index (χ4v) is 4.74. The van der Waals surface area contributed by atoms with Crippen molar-refractivity contribution >= 4 is 5.96 Å². The van der Waals surface area contributed by atoms with Crippen LogP contribution in [0.25, 0.3) is 0 Å². The Balaban J connectivity index is 3.21. The molecule has 0 heterocycles. The van der Waals surface area contributed by atoms with Crippen LogP contribution in [0, 0.1) is 0 Å². The van der Waals surface area contributed by atoms with Crippen LogP contribution < -0.4 is 11.1 Å². The summed E-state index contributed by atoms with van der Waals surface area (Å²) in [7, 11) is 0. The van der Waals surface area contributed by atoms with Crippen LogP contribution in [0.5, 0.6) is 0 Å². The van der Waals surface area contributed by atoms with Crippen LogP contribution >= 0.6 is 0 Å². The van der Waals surface area contributed by atoms with Crippen LogP contribution in [0.3, 0.4) is 0 Å². The van der Waals surface area contributed by atoms with Crippen LogP contribution in [0.4, 0.5) is 0 Å². The molecule has 0 aliphatic heterocycles. The van der Waals surface area contributed by atoms with Gasteiger partial charge in [0.25, 0.3) is 0 Å². The molecule has 0 spiro atoms. The Hall–Kier alpha value is -0.730. The molecule has 0 saturated carbocycles. The highest BCUT2D eigenvalue weighted by molar-refractivity contribution is 5.77. The van der Waals surface area contributed by atoms with E-state index in [1.807, 2.05) is 0 Å². The number of unbranched alkanes of at least 4 members (excludes halogenated alkanes) is 24. The molecule has 0 unspecified atom stereocenters. The van der Waals surface area contributed by atoms with E-state index in [0.29, 0.717) is 5.96 Å². The second-order valence-corrected chi connectivity index (χ2v) is 10.7. The zero-order valence-electron chi connectivity index (χ0n) is 23.8. The number of aliphatic imine (C=N–C) groups is 1. The van der Waals surface area contributed by atoms with Gasteiger partial charge in [0.1, 0.15) is 0 Å². The molecule has 0 radical (unpaired) electrons. The molecule has 0 fully saturated rings. The van der Waals surface area contributed by atoms with Gasteiger partial charge in [-0.2, -0.15) is 0 Å². The summed E-state index contributed by atoms with van der Waals surface area (Å²) >= 11 is 0. The molecule has 34 heavy (non-hydrogen) atoms.